The Balaban J connectivity index is 1.67. The molecule has 2 aromatic rings. The van der Waals surface area contributed by atoms with Crippen LogP contribution in [0.2, 0.25) is 0 Å². The summed E-state index contributed by atoms with van der Waals surface area (Å²) in [7, 11) is -3.57. The summed E-state index contributed by atoms with van der Waals surface area (Å²) in [5, 5.41) is 0. The molecule has 1 aliphatic rings. The summed E-state index contributed by atoms with van der Waals surface area (Å²) in [6.07, 6.45) is 0. The number of ether oxygens (including phenoxy) is 2. The first-order valence-electron chi connectivity index (χ1n) is 8.07. The van der Waals surface area contributed by atoms with Crippen LogP contribution in [0.3, 0.4) is 0 Å². The fourth-order valence-electron chi connectivity index (χ4n) is 2.54. The Bertz CT molecular complexity index is 877. The van der Waals surface area contributed by atoms with E-state index in [1.807, 2.05) is 24.3 Å². The van der Waals surface area contributed by atoms with Gasteiger partial charge in [-0.2, -0.15) is 4.31 Å². The molecule has 0 N–H and O–H groups in total. The van der Waals surface area contributed by atoms with Gasteiger partial charge in [0.05, 0.1) is 23.7 Å². The molecule has 0 amide bonds. The number of morpholine rings is 1. The zero-order valence-corrected chi connectivity index (χ0v) is 16.3. The standard InChI is InChI=1S/C18H18BrNO5S/c19-17-4-2-1-3-15(17)13-25-18(21)14-5-7-16(8-6-14)26(22,23)20-9-11-24-12-10-20/h1-8H,9-13H2. The molecule has 0 aliphatic carbocycles. The second-order valence-corrected chi connectivity index (χ2v) is 8.50. The molecule has 0 aromatic heterocycles. The zero-order valence-electron chi connectivity index (χ0n) is 13.9. The minimum Gasteiger partial charge on any atom is -0.457 e. The van der Waals surface area contributed by atoms with Gasteiger partial charge in [0, 0.05) is 23.1 Å². The van der Waals surface area contributed by atoms with Gasteiger partial charge in [-0.15, -0.1) is 0 Å². The summed E-state index contributed by atoms with van der Waals surface area (Å²) >= 11 is 3.40. The maximum absolute atomic E-state index is 12.6. The van der Waals surface area contributed by atoms with Crippen molar-refractivity contribution in [2.24, 2.45) is 0 Å². The SMILES string of the molecule is O=C(OCc1ccccc1Br)c1ccc(S(=O)(=O)N2CCOCC2)cc1. The quantitative estimate of drug-likeness (QED) is 0.669. The van der Waals surface area contributed by atoms with Gasteiger partial charge in [-0.1, -0.05) is 34.1 Å². The van der Waals surface area contributed by atoms with E-state index < -0.39 is 16.0 Å². The summed E-state index contributed by atoms with van der Waals surface area (Å²) in [4.78, 5) is 12.3. The lowest BCUT2D eigenvalue weighted by atomic mass is 10.2. The molecular formula is C18H18BrNO5S. The van der Waals surface area contributed by atoms with Gasteiger partial charge in [-0.3, -0.25) is 0 Å². The first kappa shape index (κ1) is 19.0. The Kier molecular flexibility index (Phi) is 6.08. The fraction of sp³-hybridized carbons (Fsp3) is 0.278. The van der Waals surface area contributed by atoms with Crippen LogP contribution in [-0.2, 0) is 26.1 Å². The number of benzene rings is 2. The lowest BCUT2D eigenvalue weighted by molar-refractivity contribution is 0.0472. The van der Waals surface area contributed by atoms with E-state index >= 15 is 0 Å². The third kappa shape index (κ3) is 4.32. The molecule has 1 aliphatic heterocycles. The Morgan fingerprint density at radius 1 is 1.08 bits per heavy atom. The van der Waals surface area contributed by atoms with Crippen LogP contribution < -0.4 is 0 Å². The van der Waals surface area contributed by atoms with Gasteiger partial charge in [0.2, 0.25) is 10.0 Å². The number of sulfonamides is 1. The van der Waals surface area contributed by atoms with Crippen molar-refractivity contribution in [1.82, 2.24) is 4.31 Å². The third-order valence-electron chi connectivity index (χ3n) is 4.01. The van der Waals surface area contributed by atoms with Crippen LogP contribution in [0.25, 0.3) is 0 Å². The van der Waals surface area contributed by atoms with Gasteiger partial charge in [0.1, 0.15) is 6.61 Å². The number of hydrogen-bond acceptors (Lipinski definition) is 5. The normalized spacial score (nSPS) is 15.6. The molecule has 138 valence electrons. The first-order chi connectivity index (χ1) is 12.5. The average molecular weight is 440 g/mol. The van der Waals surface area contributed by atoms with E-state index in [9.17, 15) is 13.2 Å². The smallest absolute Gasteiger partial charge is 0.338 e. The van der Waals surface area contributed by atoms with Gasteiger partial charge in [0.15, 0.2) is 0 Å². The molecule has 3 rings (SSSR count). The molecule has 2 aromatic carbocycles. The van der Waals surface area contributed by atoms with Gasteiger partial charge in [-0.25, -0.2) is 13.2 Å². The average Bonchev–Trinajstić information content (AvgIpc) is 2.68. The third-order valence-corrected chi connectivity index (χ3v) is 6.70. The van der Waals surface area contributed by atoms with Crippen molar-refractivity contribution < 1.29 is 22.7 Å². The Morgan fingerprint density at radius 3 is 2.38 bits per heavy atom. The molecule has 0 radical (unpaired) electrons. The minimum atomic E-state index is -3.57. The Morgan fingerprint density at radius 2 is 1.73 bits per heavy atom. The predicted octanol–water partition coefficient (Wildman–Crippen LogP) is 2.83. The lowest BCUT2D eigenvalue weighted by Crippen LogP contribution is -2.40. The first-order valence-corrected chi connectivity index (χ1v) is 10.3. The van der Waals surface area contributed by atoms with E-state index in [1.54, 1.807) is 0 Å². The van der Waals surface area contributed by atoms with Crippen LogP contribution >= 0.6 is 15.9 Å². The van der Waals surface area contributed by atoms with Crippen LogP contribution in [0.4, 0.5) is 0 Å². The molecule has 0 atom stereocenters. The number of halogens is 1. The number of esters is 1. The monoisotopic (exact) mass is 439 g/mol. The van der Waals surface area contributed by atoms with E-state index in [-0.39, 0.29) is 11.5 Å². The highest BCUT2D eigenvalue weighted by molar-refractivity contribution is 9.10. The summed E-state index contributed by atoms with van der Waals surface area (Å²) in [5.41, 5.74) is 1.16. The maximum Gasteiger partial charge on any atom is 0.338 e. The van der Waals surface area contributed by atoms with E-state index in [4.69, 9.17) is 9.47 Å². The summed E-state index contributed by atoms with van der Waals surface area (Å²) in [5.74, 6) is -0.504. The summed E-state index contributed by atoms with van der Waals surface area (Å²) in [6.45, 7) is 1.57. The molecule has 0 saturated carbocycles. The van der Waals surface area contributed by atoms with Gasteiger partial charge >= 0.3 is 5.97 Å². The summed E-state index contributed by atoms with van der Waals surface area (Å²) < 4.78 is 37.9. The van der Waals surface area contributed by atoms with Crippen molar-refractivity contribution >= 4 is 31.9 Å². The van der Waals surface area contributed by atoms with Gasteiger partial charge in [0.25, 0.3) is 0 Å². The Hall–Kier alpha value is -1.74. The molecule has 1 saturated heterocycles. The lowest BCUT2D eigenvalue weighted by Gasteiger charge is -2.26. The van der Waals surface area contributed by atoms with Crippen molar-refractivity contribution in [3.63, 3.8) is 0 Å². The topological polar surface area (TPSA) is 72.9 Å². The van der Waals surface area contributed by atoms with E-state index in [2.05, 4.69) is 15.9 Å². The van der Waals surface area contributed by atoms with Crippen molar-refractivity contribution in [3.8, 4) is 0 Å². The Labute approximate surface area is 160 Å². The number of hydrogen-bond donors (Lipinski definition) is 0. The van der Waals surface area contributed by atoms with Gasteiger partial charge < -0.3 is 9.47 Å². The second kappa shape index (κ2) is 8.30. The van der Waals surface area contributed by atoms with Crippen molar-refractivity contribution in [1.29, 1.82) is 0 Å². The molecule has 0 spiro atoms. The molecule has 26 heavy (non-hydrogen) atoms. The van der Waals surface area contributed by atoms with Crippen LogP contribution in [0, 0.1) is 0 Å². The van der Waals surface area contributed by atoms with Crippen molar-refractivity contribution in [2.75, 3.05) is 26.3 Å². The van der Waals surface area contributed by atoms with E-state index in [0.29, 0.717) is 31.9 Å². The molecule has 1 heterocycles. The molecule has 6 nitrogen and oxygen atoms in total. The van der Waals surface area contributed by atoms with Gasteiger partial charge in [-0.05, 0) is 30.3 Å². The molecular weight excluding hydrogens is 422 g/mol. The predicted molar refractivity (Wildman–Crippen MR) is 99.3 cm³/mol. The van der Waals surface area contributed by atoms with Crippen LogP contribution in [0.1, 0.15) is 15.9 Å². The molecule has 0 unspecified atom stereocenters. The number of carbonyl (C=O) groups is 1. The van der Waals surface area contributed by atoms with E-state index in [0.717, 1.165) is 10.0 Å². The van der Waals surface area contributed by atoms with Crippen LogP contribution in [0.5, 0.6) is 0 Å². The largest absolute Gasteiger partial charge is 0.457 e. The fourth-order valence-corrected chi connectivity index (χ4v) is 4.35. The molecule has 1 fully saturated rings. The van der Waals surface area contributed by atoms with Crippen molar-refractivity contribution in [2.45, 2.75) is 11.5 Å². The molecule has 8 heteroatoms. The van der Waals surface area contributed by atoms with Crippen molar-refractivity contribution in [3.05, 3.63) is 64.1 Å². The highest BCUT2D eigenvalue weighted by Gasteiger charge is 2.26. The van der Waals surface area contributed by atoms with Crippen LogP contribution in [-0.4, -0.2) is 45.0 Å². The number of rotatable bonds is 5. The number of carbonyl (C=O) groups excluding carboxylic acids is 1. The minimum absolute atomic E-state index is 0.133. The summed E-state index contributed by atoms with van der Waals surface area (Å²) in [6, 6.07) is 13.3. The highest BCUT2D eigenvalue weighted by Crippen LogP contribution is 2.20. The van der Waals surface area contributed by atoms with Crippen LogP contribution in [0.15, 0.2) is 57.9 Å². The van der Waals surface area contributed by atoms with E-state index in [1.165, 1.54) is 28.6 Å². The highest BCUT2D eigenvalue weighted by atomic mass is 79.9. The number of nitrogens with zero attached hydrogens (tertiary/aromatic N) is 1. The zero-order chi connectivity index (χ0) is 18.6. The molecule has 0 bridgehead atoms. The second-order valence-electron chi connectivity index (χ2n) is 5.71. The maximum atomic E-state index is 12.6.